The van der Waals surface area contributed by atoms with Gasteiger partial charge >= 0.3 is 12.3 Å². The normalized spacial score (nSPS) is 11.5. The minimum atomic E-state index is -4.37. The lowest BCUT2D eigenvalue weighted by atomic mass is 10.2. The maximum atomic E-state index is 12.3. The summed E-state index contributed by atoms with van der Waals surface area (Å²) < 4.78 is 46.6. The molecule has 1 aromatic carbocycles. The number of hydrogen-bond donors (Lipinski definition) is 1. The number of aromatic nitrogens is 1. The van der Waals surface area contributed by atoms with E-state index >= 15 is 0 Å². The van der Waals surface area contributed by atoms with Crippen LogP contribution in [0, 0.1) is 0 Å². The molecule has 1 heterocycles. The zero-order chi connectivity index (χ0) is 12.5. The number of hydrogen-bond acceptors (Lipinski definition) is 4. The van der Waals surface area contributed by atoms with Crippen LogP contribution in [0.5, 0.6) is 11.8 Å². The second kappa shape index (κ2) is 4.00. The number of benzene rings is 1. The highest BCUT2D eigenvalue weighted by atomic mass is 19.4. The summed E-state index contributed by atoms with van der Waals surface area (Å²) in [6, 6.07) is 4.15. The van der Waals surface area contributed by atoms with Crippen LogP contribution < -0.4 is 10.5 Å². The number of halogens is 3. The standard InChI is InChI=1S/C10H7F3N2O2/c11-10(12,13)6-1-3-7(4-2-6)17-9-15-8(14)5-16-9/h1-5H,14H2. The van der Waals surface area contributed by atoms with Gasteiger partial charge < -0.3 is 14.9 Å². The van der Waals surface area contributed by atoms with Crippen molar-refractivity contribution in [1.29, 1.82) is 0 Å². The molecule has 0 atom stereocenters. The van der Waals surface area contributed by atoms with Gasteiger partial charge in [-0.25, -0.2) is 0 Å². The van der Waals surface area contributed by atoms with E-state index in [9.17, 15) is 13.2 Å². The van der Waals surface area contributed by atoms with Crippen molar-refractivity contribution in [3.8, 4) is 11.8 Å². The number of alkyl halides is 3. The number of nitrogens with two attached hydrogens (primary N) is 1. The third-order valence-corrected chi connectivity index (χ3v) is 1.89. The summed E-state index contributed by atoms with van der Waals surface area (Å²) in [5, 5.41) is 0. The maximum Gasteiger partial charge on any atom is 0.416 e. The van der Waals surface area contributed by atoms with Crippen LogP contribution in [0.2, 0.25) is 0 Å². The number of anilines is 1. The Labute approximate surface area is 93.8 Å². The maximum absolute atomic E-state index is 12.3. The Balaban J connectivity index is 2.13. The van der Waals surface area contributed by atoms with Crippen LogP contribution in [0.1, 0.15) is 5.56 Å². The molecule has 1 aromatic heterocycles. The highest BCUT2D eigenvalue weighted by molar-refractivity contribution is 5.31. The van der Waals surface area contributed by atoms with Gasteiger partial charge in [0.1, 0.15) is 12.0 Å². The number of nitrogens with zero attached hydrogens (tertiary/aromatic N) is 1. The average molecular weight is 244 g/mol. The van der Waals surface area contributed by atoms with Gasteiger partial charge in [0.25, 0.3) is 0 Å². The summed E-state index contributed by atoms with van der Waals surface area (Å²) in [4.78, 5) is 3.64. The molecular formula is C10H7F3N2O2. The molecule has 0 fully saturated rings. The van der Waals surface area contributed by atoms with E-state index in [-0.39, 0.29) is 17.6 Å². The minimum Gasteiger partial charge on any atom is -0.415 e. The highest BCUT2D eigenvalue weighted by Gasteiger charge is 2.30. The molecule has 90 valence electrons. The zero-order valence-corrected chi connectivity index (χ0v) is 8.36. The molecule has 0 aliphatic heterocycles. The van der Waals surface area contributed by atoms with Gasteiger partial charge in [-0.1, -0.05) is 0 Å². The molecule has 0 bridgehead atoms. The quantitative estimate of drug-likeness (QED) is 0.881. The number of nitrogen functional groups attached to an aromatic ring is 1. The van der Waals surface area contributed by atoms with Gasteiger partial charge in [-0.15, -0.1) is 0 Å². The molecule has 0 amide bonds. The highest BCUT2D eigenvalue weighted by Crippen LogP contribution is 2.31. The molecule has 0 aliphatic carbocycles. The summed E-state index contributed by atoms with van der Waals surface area (Å²) in [6.45, 7) is 0. The molecule has 2 N–H and O–H groups in total. The summed E-state index contributed by atoms with van der Waals surface area (Å²) in [7, 11) is 0. The van der Waals surface area contributed by atoms with E-state index < -0.39 is 11.7 Å². The summed E-state index contributed by atoms with van der Waals surface area (Å²) >= 11 is 0. The molecule has 7 heteroatoms. The topological polar surface area (TPSA) is 61.3 Å². The molecule has 0 unspecified atom stereocenters. The zero-order valence-electron chi connectivity index (χ0n) is 8.36. The van der Waals surface area contributed by atoms with E-state index in [1.165, 1.54) is 18.4 Å². The summed E-state index contributed by atoms with van der Waals surface area (Å²) in [5.74, 6) is 0.312. The SMILES string of the molecule is Nc1coc(Oc2ccc(C(F)(F)F)cc2)n1. The third-order valence-electron chi connectivity index (χ3n) is 1.89. The smallest absolute Gasteiger partial charge is 0.415 e. The van der Waals surface area contributed by atoms with Gasteiger partial charge in [-0.05, 0) is 24.3 Å². The fourth-order valence-electron chi connectivity index (χ4n) is 1.13. The molecule has 17 heavy (non-hydrogen) atoms. The van der Waals surface area contributed by atoms with Crippen molar-refractivity contribution in [3.05, 3.63) is 36.1 Å². The largest absolute Gasteiger partial charge is 0.416 e. The van der Waals surface area contributed by atoms with Gasteiger partial charge in [0, 0.05) is 0 Å². The molecule has 2 aromatic rings. The van der Waals surface area contributed by atoms with E-state index in [0.717, 1.165) is 12.1 Å². The molecule has 0 saturated heterocycles. The molecule has 0 aliphatic rings. The van der Waals surface area contributed by atoms with E-state index in [2.05, 4.69) is 4.98 Å². The van der Waals surface area contributed by atoms with Crippen molar-refractivity contribution in [1.82, 2.24) is 4.98 Å². The molecule has 0 radical (unpaired) electrons. The van der Waals surface area contributed by atoms with Gasteiger partial charge in [-0.3, -0.25) is 0 Å². The van der Waals surface area contributed by atoms with Gasteiger partial charge in [-0.2, -0.15) is 18.2 Å². The number of rotatable bonds is 2. The number of ether oxygens (including phenoxy) is 1. The van der Waals surface area contributed by atoms with E-state index in [0.29, 0.717) is 0 Å². The van der Waals surface area contributed by atoms with Gasteiger partial charge in [0.15, 0.2) is 5.82 Å². The Morgan fingerprint density at radius 2 is 1.82 bits per heavy atom. The van der Waals surface area contributed by atoms with Crippen LogP contribution in [0.25, 0.3) is 0 Å². The molecule has 2 rings (SSSR count). The minimum absolute atomic E-state index is 0.123. The molecule has 4 nitrogen and oxygen atoms in total. The lowest BCUT2D eigenvalue weighted by Crippen LogP contribution is -2.03. The van der Waals surface area contributed by atoms with Crippen molar-refractivity contribution in [2.45, 2.75) is 6.18 Å². The van der Waals surface area contributed by atoms with Crippen LogP contribution in [-0.4, -0.2) is 4.98 Å². The fourth-order valence-corrected chi connectivity index (χ4v) is 1.13. The van der Waals surface area contributed by atoms with E-state index in [1.807, 2.05) is 0 Å². The predicted octanol–water partition coefficient (Wildman–Crippen LogP) is 3.07. The van der Waals surface area contributed by atoms with Crippen molar-refractivity contribution >= 4 is 5.82 Å². The van der Waals surface area contributed by atoms with E-state index in [4.69, 9.17) is 14.9 Å². The summed E-state index contributed by atoms with van der Waals surface area (Å²) in [5.41, 5.74) is 4.53. The van der Waals surface area contributed by atoms with Crippen molar-refractivity contribution < 1.29 is 22.3 Å². The predicted molar refractivity (Wildman–Crippen MR) is 52.4 cm³/mol. The number of oxazole rings is 1. The van der Waals surface area contributed by atoms with Crippen molar-refractivity contribution in [2.24, 2.45) is 0 Å². The third kappa shape index (κ3) is 2.68. The molecular weight excluding hydrogens is 237 g/mol. The van der Waals surface area contributed by atoms with E-state index in [1.54, 1.807) is 0 Å². The first kappa shape index (κ1) is 11.3. The first-order chi connectivity index (χ1) is 7.95. The Hall–Kier alpha value is -2.18. The second-order valence-corrected chi connectivity index (χ2v) is 3.16. The van der Waals surface area contributed by atoms with Crippen molar-refractivity contribution in [2.75, 3.05) is 5.73 Å². The summed E-state index contributed by atoms with van der Waals surface area (Å²) in [6.07, 6.45) is -3.33. The lowest BCUT2D eigenvalue weighted by Gasteiger charge is -2.06. The van der Waals surface area contributed by atoms with Crippen LogP contribution in [0.4, 0.5) is 19.0 Å². The Morgan fingerprint density at radius 1 is 1.18 bits per heavy atom. The van der Waals surface area contributed by atoms with Crippen LogP contribution in [0.3, 0.4) is 0 Å². The van der Waals surface area contributed by atoms with Crippen LogP contribution >= 0.6 is 0 Å². The fraction of sp³-hybridized carbons (Fsp3) is 0.100. The Kier molecular flexibility index (Phi) is 2.66. The Bertz CT molecular complexity index is 505. The van der Waals surface area contributed by atoms with Gasteiger partial charge in [0.2, 0.25) is 0 Å². The first-order valence-electron chi connectivity index (χ1n) is 4.51. The first-order valence-corrected chi connectivity index (χ1v) is 4.51. The van der Waals surface area contributed by atoms with Crippen LogP contribution in [-0.2, 0) is 6.18 Å². The monoisotopic (exact) mass is 244 g/mol. The molecule has 0 spiro atoms. The second-order valence-electron chi connectivity index (χ2n) is 3.16. The Morgan fingerprint density at radius 3 is 2.29 bits per heavy atom. The molecule has 0 saturated carbocycles. The van der Waals surface area contributed by atoms with Gasteiger partial charge in [0.05, 0.1) is 5.56 Å². The van der Waals surface area contributed by atoms with Crippen LogP contribution in [0.15, 0.2) is 34.9 Å². The average Bonchev–Trinajstić information content (AvgIpc) is 2.63. The van der Waals surface area contributed by atoms with Crippen molar-refractivity contribution in [3.63, 3.8) is 0 Å². The lowest BCUT2D eigenvalue weighted by molar-refractivity contribution is -0.137.